The molecule has 0 saturated heterocycles. The summed E-state index contributed by atoms with van der Waals surface area (Å²) in [6.07, 6.45) is 0. The molecular formula is C20H17N3O8. The number of fused-ring (bicyclic) bond motifs is 1. The minimum atomic E-state index is -1.26. The minimum Gasteiger partial charge on any atom is -0.495 e. The van der Waals surface area contributed by atoms with E-state index in [1.807, 2.05) is 0 Å². The average molecular weight is 427 g/mol. The molecule has 3 amide bonds. The highest BCUT2D eigenvalue weighted by Gasteiger charge is 2.41. The van der Waals surface area contributed by atoms with Gasteiger partial charge >= 0.3 is 5.97 Å². The van der Waals surface area contributed by atoms with Crippen molar-refractivity contribution in [3.05, 3.63) is 63.7 Å². The van der Waals surface area contributed by atoms with Gasteiger partial charge in [-0.1, -0.05) is 12.1 Å². The Morgan fingerprint density at radius 2 is 1.74 bits per heavy atom. The fourth-order valence-electron chi connectivity index (χ4n) is 3.02. The molecule has 1 heterocycles. The smallest absolute Gasteiger partial charge is 0.329 e. The van der Waals surface area contributed by atoms with Crippen LogP contribution in [0.5, 0.6) is 5.75 Å². The zero-order chi connectivity index (χ0) is 22.7. The Morgan fingerprint density at radius 3 is 2.29 bits per heavy atom. The zero-order valence-electron chi connectivity index (χ0n) is 16.5. The molecule has 1 atom stereocenters. The summed E-state index contributed by atoms with van der Waals surface area (Å²) in [5.74, 6) is -2.84. The van der Waals surface area contributed by atoms with Crippen LogP contribution in [-0.4, -0.2) is 53.3 Å². The number of anilines is 1. The number of nitrogens with zero attached hydrogens (tertiary/aromatic N) is 2. The van der Waals surface area contributed by atoms with Crippen molar-refractivity contribution in [3.8, 4) is 5.75 Å². The van der Waals surface area contributed by atoms with E-state index in [2.05, 4.69) is 5.32 Å². The molecule has 0 aliphatic carbocycles. The van der Waals surface area contributed by atoms with Crippen LogP contribution >= 0.6 is 0 Å². The highest BCUT2D eigenvalue weighted by atomic mass is 16.6. The van der Waals surface area contributed by atoms with Crippen molar-refractivity contribution in [3.63, 3.8) is 0 Å². The number of esters is 1. The lowest BCUT2D eigenvalue weighted by Crippen LogP contribution is -2.44. The van der Waals surface area contributed by atoms with E-state index in [1.54, 1.807) is 12.1 Å². The number of ether oxygens (including phenoxy) is 2. The second-order valence-electron chi connectivity index (χ2n) is 6.50. The standard InChI is InChI=1S/C20H17N3O8/c1-11(22-18(25)13-5-3-4-6-14(13)19(22)26)20(27)31-10-17(24)21-15-9-12(23(28)29)7-8-16(15)30-2/h3-9,11H,10H2,1-2H3,(H,21,24)/t11-/m0/s1. The minimum absolute atomic E-state index is 0.0196. The van der Waals surface area contributed by atoms with Crippen LogP contribution in [0.15, 0.2) is 42.5 Å². The van der Waals surface area contributed by atoms with Gasteiger partial charge in [0.2, 0.25) is 0 Å². The predicted molar refractivity (Wildman–Crippen MR) is 106 cm³/mol. The predicted octanol–water partition coefficient (Wildman–Crippen LogP) is 1.77. The normalized spacial score (nSPS) is 13.4. The molecule has 2 aromatic carbocycles. The quantitative estimate of drug-likeness (QED) is 0.305. The van der Waals surface area contributed by atoms with Gasteiger partial charge in [-0.05, 0) is 25.1 Å². The number of hydrogen-bond acceptors (Lipinski definition) is 8. The number of non-ortho nitro benzene ring substituents is 1. The van der Waals surface area contributed by atoms with Gasteiger partial charge in [-0.3, -0.25) is 29.4 Å². The third kappa shape index (κ3) is 4.20. The van der Waals surface area contributed by atoms with E-state index in [4.69, 9.17) is 9.47 Å². The van der Waals surface area contributed by atoms with Crippen molar-refractivity contribution in [1.29, 1.82) is 0 Å². The lowest BCUT2D eigenvalue weighted by atomic mass is 10.1. The number of carbonyl (C=O) groups is 4. The highest BCUT2D eigenvalue weighted by molar-refractivity contribution is 6.22. The molecule has 0 saturated carbocycles. The van der Waals surface area contributed by atoms with Crippen LogP contribution in [-0.2, 0) is 14.3 Å². The number of benzene rings is 2. The second-order valence-corrected chi connectivity index (χ2v) is 6.50. The number of carbonyl (C=O) groups excluding carboxylic acids is 4. The Morgan fingerprint density at radius 1 is 1.13 bits per heavy atom. The average Bonchev–Trinajstić information content (AvgIpc) is 3.01. The molecular weight excluding hydrogens is 410 g/mol. The molecule has 160 valence electrons. The number of rotatable bonds is 7. The number of amides is 3. The van der Waals surface area contributed by atoms with Gasteiger partial charge in [0.05, 0.1) is 28.8 Å². The molecule has 1 aliphatic heterocycles. The largest absolute Gasteiger partial charge is 0.495 e. The third-order valence-electron chi connectivity index (χ3n) is 4.57. The third-order valence-corrected chi connectivity index (χ3v) is 4.57. The Kier molecular flexibility index (Phi) is 5.95. The first-order valence-corrected chi connectivity index (χ1v) is 9.00. The highest BCUT2D eigenvalue weighted by Crippen LogP contribution is 2.29. The fourth-order valence-corrected chi connectivity index (χ4v) is 3.02. The van der Waals surface area contributed by atoms with Crippen LogP contribution < -0.4 is 10.1 Å². The second kappa shape index (κ2) is 8.61. The fraction of sp³-hybridized carbons (Fsp3) is 0.200. The molecule has 0 unspecified atom stereocenters. The van der Waals surface area contributed by atoms with Crippen molar-refractivity contribution in [1.82, 2.24) is 4.90 Å². The number of nitro benzene ring substituents is 1. The van der Waals surface area contributed by atoms with Gasteiger partial charge in [0.1, 0.15) is 11.8 Å². The first-order chi connectivity index (χ1) is 14.7. The maximum Gasteiger partial charge on any atom is 0.329 e. The number of nitrogens with one attached hydrogen (secondary N) is 1. The summed E-state index contributed by atoms with van der Waals surface area (Å²) >= 11 is 0. The van der Waals surface area contributed by atoms with Crippen molar-refractivity contribution >= 4 is 35.1 Å². The van der Waals surface area contributed by atoms with Crippen LogP contribution in [0.3, 0.4) is 0 Å². The van der Waals surface area contributed by atoms with Crippen LogP contribution in [0.1, 0.15) is 27.6 Å². The summed E-state index contributed by atoms with van der Waals surface area (Å²) in [4.78, 5) is 60.4. The number of methoxy groups -OCH3 is 1. The molecule has 1 N–H and O–H groups in total. The van der Waals surface area contributed by atoms with Crippen LogP contribution in [0.25, 0.3) is 0 Å². The first kappa shape index (κ1) is 21.4. The van der Waals surface area contributed by atoms with Gasteiger partial charge in [-0.25, -0.2) is 4.79 Å². The molecule has 0 fully saturated rings. The van der Waals surface area contributed by atoms with Crippen molar-refractivity contribution in [2.24, 2.45) is 0 Å². The van der Waals surface area contributed by atoms with Crippen LogP contribution in [0, 0.1) is 10.1 Å². The lowest BCUT2D eigenvalue weighted by molar-refractivity contribution is -0.384. The Bertz CT molecular complexity index is 1060. The summed E-state index contributed by atoms with van der Waals surface area (Å²) < 4.78 is 9.97. The Labute approximate surface area is 175 Å². The number of imide groups is 1. The van der Waals surface area contributed by atoms with E-state index in [0.717, 1.165) is 11.0 Å². The molecule has 2 aromatic rings. The van der Waals surface area contributed by atoms with Crippen LogP contribution in [0.2, 0.25) is 0 Å². The van der Waals surface area contributed by atoms with E-state index >= 15 is 0 Å². The lowest BCUT2D eigenvalue weighted by Gasteiger charge is -2.20. The topological polar surface area (TPSA) is 145 Å². The summed E-state index contributed by atoms with van der Waals surface area (Å²) in [6, 6.07) is 8.52. The van der Waals surface area contributed by atoms with Gasteiger partial charge in [0.15, 0.2) is 6.61 Å². The van der Waals surface area contributed by atoms with Gasteiger partial charge in [0, 0.05) is 12.1 Å². The van der Waals surface area contributed by atoms with Crippen molar-refractivity contribution < 1.29 is 33.6 Å². The van der Waals surface area contributed by atoms with Gasteiger partial charge < -0.3 is 14.8 Å². The van der Waals surface area contributed by atoms with E-state index in [9.17, 15) is 29.3 Å². The number of nitro groups is 1. The molecule has 0 spiro atoms. The molecule has 3 rings (SSSR count). The molecule has 0 radical (unpaired) electrons. The first-order valence-electron chi connectivity index (χ1n) is 9.00. The van der Waals surface area contributed by atoms with E-state index in [0.29, 0.717) is 0 Å². The molecule has 1 aliphatic rings. The van der Waals surface area contributed by atoms with Crippen LogP contribution in [0.4, 0.5) is 11.4 Å². The van der Waals surface area contributed by atoms with Gasteiger partial charge in [-0.15, -0.1) is 0 Å². The molecule has 31 heavy (non-hydrogen) atoms. The van der Waals surface area contributed by atoms with Crippen molar-refractivity contribution in [2.75, 3.05) is 19.0 Å². The molecule has 11 nitrogen and oxygen atoms in total. The number of hydrogen-bond donors (Lipinski definition) is 1. The van der Waals surface area contributed by atoms with E-state index < -0.39 is 41.3 Å². The summed E-state index contributed by atoms with van der Waals surface area (Å²) in [6.45, 7) is 0.573. The molecule has 0 aromatic heterocycles. The summed E-state index contributed by atoms with van der Waals surface area (Å²) in [5, 5.41) is 13.3. The van der Waals surface area contributed by atoms with Gasteiger partial charge in [0.25, 0.3) is 23.4 Å². The molecule has 0 bridgehead atoms. The molecule has 11 heteroatoms. The van der Waals surface area contributed by atoms with E-state index in [-0.39, 0.29) is 28.3 Å². The summed E-state index contributed by atoms with van der Waals surface area (Å²) in [7, 11) is 1.32. The van der Waals surface area contributed by atoms with E-state index in [1.165, 1.54) is 38.3 Å². The van der Waals surface area contributed by atoms with Crippen molar-refractivity contribution in [2.45, 2.75) is 13.0 Å². The Balaban J connectivity index is 1.63. The Hall–Kier alpha value is -4.28. The zero-order valence-corrected chi connectivity index (χ0v) is 16.5. The monoisotopic (exact) mass is 427 g/mol. The summed E-state index contributed by atoms with van der Waals surface area (Å²) in [5.41, 5.74) is 0.115. The maximum atomic E-state index is 12.4. The maximum absolute atomic E-state index is 12.4. The van der Waals surface area contributed by atoms with Gasteiger partial charge in [-0.2, -0.15) is 0 Å². The SMILES string of the molecule is COc1ccc([N+](=O)[O-])cc1NC(=O)COC(=O)[C@H](C)N1C(=O)c2ccccc2C1=O.